The van der Waals surface area contributed by atoms with Gasteiger partial charge in [0.05, 0.1) is 6.33 Å². The fraction of sp³-hybridized carbons (Fsp3) is 0.583. The molecule has 1 aliphatic rings. The number of carbonyl (C=O) groups is 2. The van der Waals surface area contributed by atoms with Crippen LogP contribution in [-0.2, 0) is 11.2 Å². The fourth-order valence-corrected chi connectivity index (χ4v) is 2.11. The summed E-state index contributed by atoms with van der Waals surface area (Å²) in [6.45, 7) is 2.82. The second-order valence-corrected chi connectivity index (χ2v) is 4.71. The number of carboxylic acid groups (broad SMARTS) is 1. The lowest BCUT2D eigenvalue weighted by molar-refractivity contribution is -0.139. The molecule has 1 saturated heterocycles. The molecule has 0 radical (unpaired) electrons. The lowest BCUT2D eigenvalue weighted by Gasteiger charge is -2.23. The number of H-pyrrole nitrogens is 1. The van der Waals surface area contributed by atoms with Crippen molar-refractivity contribution >= 4 is 12.0 Å². The van der Waals surface area contributed by atoms with E-state index in [4.69, 9.17) is 0 Å². The van der Waals surface area contributed by atoms with Gasteiger partial charge in [-0.2, -0.15) is 0 Å². The molecule has 8 nitrogen and oxygen atoms in total. The van der Waals surface area contributed by atoms with Gasteiger partial charge in [-0.15, -0.1) is 0 Å². The van der Waals surface area contributed by atoms with E-state index in [0.29, 0.717) is 18.8 Å². The first-order valence-electron chi connectivity index (χ1n) is 6.63. The van der Waals surface area contributed by atoms with Gasteiger partial charge in [-0.3, -0.25) is 0 Å². The molecule has 0 unspecified atom stereocenters. The second-order valence-electron chi connectivity index (χ2n) is 4.71. The maximum absolute atomic E-state index is 12.1. The van der Waals surface area contributed by atoms with Crippen molar-refractivity contribution < 1.29 is 14.7 Å². The number of nitrogens with one attached hydrogen (secondary N) is 3. The van der Waals surface area contributed by atoms with E-state index in [1.54, 1.807) is 11.1 Å². The van der Waals surface area contributed by atoms with E-state index < -0.39 is 12.0 Å². The van der Waals surface area contributed by atoms with Gasteiger partial charge in [-0.1, -0.05) is 0 Å². The Labute approximate surface area is 116 Å². The maximum Gasteiger partial charge on any atom is 0.326 e. The Hall–Kier alpha value is -2.09. The number of aliphatic carboxylic acids is 1. The van der Waals surface area contributed by atoms with Crippen molar-refractivity contribution in [2.24, 2.45) is 0 Å². The van der Waals surface area contributed by atoms with Crippen molar-refractivity contribution in [2.75, 3.05) is 26.2 Å². The molecule has 2 amide bonds. The topological polar surface area (TPSA) is 110 Å². The number of hydrogen-bond acceptors (Lipinski definition) is 4. The number of aromatic nitrogens is 2. The minimum absolute atomic E-state index is 0.188. The molecule has 8 heteroatoms. The van der Waals surface area contributed by atoms with Crippen LogP contribution in [0.4, 0.5) is 4.79 Å². The van der Waals surface area contributed by atoms with Crippen LogP contribution in [0.3, 0.4) is 0 Å². The molecule has 2 heterocycles. The number of amides is 2. The van der Waals surface area contributed by atoms with Gasteiger partial charge in [-0.25, -0.2) is 14.6 Å². The Balaban J connectivity index is 1.93. The SMILES string of the molecule is O=C(O)[C@H](Cc1cnc[nH]1)NC(=O)N1CCCNCC1. The highest BCUT2D eigenvalue weighted by Gasteiger charge is 2.24. The highest BCUT2D eigenvalue weighted by Crippen LogP contribution is 2.02. The van der Waals surface area contributed by atoms with Crippen molar-refractivity contribution in [3.8, 4) is 0 Å². The summed E-state index contributed by atoms with van der Waals surface area (Å²) in [6, 6.07) is -1.29. The molecule has 1 fully saturated rings. The largest absolute Gasteiger partial charge is 0.480 e. The predicted molar refractivity (Wildman–Crippen MR) is 71.3 cm³/mol. The number of hydrogen-bond donors (Lipinski definition) is 4. The molecular weight excluding hydrogens is 262 g/mol. The molecule has 110 valence electrons. The zero-order chi connectivity index (χ0) is 14.4. The molecule has 0 bridgehead atoms. The predicted octanol–water partition coefficient (Wildman–Crippen LogP) is -0.590. The van der Waals surface area contributed by atoms with Crippen LogP contribution in [0.1, 0.15) is 12.1 Å². The van der Waals surface area contributed by atoms with Gasteiger partial charge in [0, 0.05) is 37.9 Å². The van der Waals surface area contributed by atoms with Crippen molar-refractivity contribution in [3.63, 3.8) is 0 Å². The summed E-state index contributed by atoms with van der Waals surface area (Å²) in [6.07, 6.45) is 4.09. The van der Waals surface area contributed by atoms with Crippen LogP contribution >= 0.6 is 0 Å². The van der Waals surface area contributed by atoms with E-state index in [1.807, 2.05) is 0 Å². The average molecular weight is 281 g/mol. The smallest absolute Gasteiger partial charge is 0.326 e. The summed E-state index contributed by atoms with van der Waals surface area (Å²) in [5, 5.41) is 15.0. The standard InChI is InChI=1S/C12H19N5O3/c18-11(19)10(6-9-7-14-8-15-9)16-12(20)17-4-1-2-13-3-5-17/h7-8,10,13H,1-6H2,(H,14,15)(H,16,20)(H,18,19)/t10-/m0/s1. The molecule has 0 aromatic carbocycles. The van der Waals surface area contributed by atoms with Gasteiger partial charge in [0.15, 0.2) is 0 Å². The normalized spacial score (nSPS) is 17.3. The molecular formula is C12H19N5O3. The highest BCUT2D eigenvalue weighted by molar-refractivity contribution is 5.82. The van der Waals surface area contributed by atoms with Gasteiger partial charge in [0.2, 0.25) is 0 Å². The Kier molecular flexibility index (Phi) is 4.94. The number of rotatable bonds is 4. The molecule has 20 heavy (non-hydrogen) atoms. The zero-order valence-corrected chi connectivity index (χ0v) is 11.1. The molecule has 1 atom stereocenters. The summed E-state index contributed by atoms with van der Waals surface area (Å²) >= 11 is 0. The molecule has 0 aliphatic carbocycles. The first-order chi connectivity index (χ1) is 9.66. The summed E-state index contributed by atoms with van der Waals surface area (Å²) in [4.78, 5) is 31.6. The molecule has 1 aromatic rings. The molecule has 0 spiro atoms. The monoisotopic (exact) mass is 281 g/mol. The van der Waals surface area contributed by atoms with Crippen molar-refractivity contribution in [1.29, 1.82) is 0 Å². The maximum atomic E-state index is 12.1. The van der Waals surface area contributed by atoms with Crippen molar-refractivity contribution in [3.05, 3.63) is 18.2 Å². The van der Waals surface area contributed by atoms with Crippen LogP contribution in [0, 0.1) is 0 Å². The molecule has 1 aliphatic heterocycles. The van der Waals surface area contributed by atoms with Crippen LogP contribution < -0.4 is 10.6 Å². The van der Waals surface area contributed by atoms with E-state index in [-0.39, 0.29) is 12.5 Å². The minimum atomic E-state index is -1.05. The Morgan fingerprint density at radius 1 is 1.45 bits per heavy atom. The van der Waals surface area contributed by atoms with Crippen molar-refractivity contribution in [1.82, 2.24) is 25.5 Å². The van der Waals surface area contributed by atoms with Gasteiger partial charge in [0.25, 0.3) is 0 Å². The average Bonchev–Trinajstić information content (AvgIpc) is 2.77. The second kappa shape index (κ2) is 6.90. The number of urea groups is 1. The summed E-state index contributed by atoms with van der Waals surface area (Å²) in [5.74, 6) is -1.05. The fourth-order valence-electron chi connectivity index (χ4n) is 2.11. The van der Waals surface area contributed by atoms with E-state index in [0.717, 1.165) is 19.5 Å². The van der Waals surface area contributed by atoms with Crippen LogP contribution in [-0.4, -0.2) is 64.2 Å². The molecule has 4 N–H and O–H groups in total. The summed E-state index contributed by atoms with van der Waals surface area (Å²) < 4.78 is 0. The van der Waals surface area contributed by atoms with E-state index in [9.17, 15) is 14.7 Å². The van der Waals surface area contributed by atoms with Gasteiger partial charge < -0.3 is 25.6 Å². The summed E-state index contributed by atoms with van der Waals surface area (Å²) in [7, 11) is 0. The van der Waals surface area contributed by atoms with Gasteiger partial charge >= 0.3 is 12.0 Å². The van der Waals surface area contributed by atoms with Crippen LogP contribution in [0.25, 0.3) is 0 Å². The summed E-state index contributed by atoms with van der Waals surface area (Å²) in [5.41, 5.74) is 0.676. The zero-order valence-electron chi connectivity index (χ0n) is 11.1. The molecule has 2 rings (SSSR count). The number of aromatic amines is 1. The molecule has 0 saturated carbocycles. The Morgan fingerprint density at radius 3 is 3.00 bits per heavy atom. The number of carbonyl (C=O) groups excluding carboxylic acids is 1. The first kappa shape index (κ1) is 14.3. The van der Waals surface area contributed by atoms with E-state index >= 15 is 0 Å². The van der Waals surface area contributed by atoms with Crippen LogP contribution in [0.2, 0.25) is 0 Å². The Morgan fingerprint density at radius 2 is 2.30 bits per heavy atom. The highest BCUT2D eigenvalue weighted by atomic mass is 16.4. The number of nitrogens with zero attached hydrogens (tertiary/aromatic N) is 2. The lowest BCUT2D eigenvalue weighted by atomic mass is 10.1. The lowest BCUT2D eigenvalue weighted by Crippen LogP contribution is -2.49. The quantitative estimate of drug-likeness (QED) is 0.589. The Bertz CT molecular complexity index is 440. The van der Waals surface area contributed by atoms with Crippen molar-refractivity contribution in [2.45, 2.75) is 18.9 Å². The van der Waals surface area contributed by atoms with Gasteiger partial charge in [-0.05, 0) is 13.0 Å². The third-order valence-corrected chi connectivity index (χ3v) is 3.20. The first-order valence-corrected chi connectivity index (χ1v) is 6.63. The van der Waals surface area contributed by atoms with Crippen LogP contribution in [0.15, 0.2) is 12.5 Å². The van der Waals surface area contributed by atoms with Crippen LogP contribution in [0.5, 0.6) is 0 Å². The third kappa shape index (κ3) is 3.95. The number of imidazole rings is 1. The van der Waals surface area contributed by atoms with E-state index in [2.05, 4.69) is 20.6 Å². The number of carboxylic acids is 1. The minimum Gasteiger partial charge on any atom is -0.480 e. The van der Waals surface area contributed by atoms with E-state index in [1.165, 1.54) is 6.33 Å². The molecule has 1 aromatic heterocycles. The third-order valence-electron chi connectivity index (χ3n) is 3.20. The van der Waals surface area contributed by atoms with Gasteiger partial charge in [0.1, 0.15) is 6.04 Å².